The topological polar surface area (TPSA) is 100 Å². The maximum Gasteiger partial charge on any atom is 0.265 e. The quantitative estimate of drug-likeness (QED) is 0.601. The molecule has 0 spiro atoms. The van der Waals surface area contributed by atoms with Gasteiger partial charge in [-0.25, -0.2) is 5.43 Å². The zero-order valence-corrected chi connectivity index (χ0v) is 15.1. The molecule has 0 bridgehead atoms. The standard InChI is InChI=1S/C18H16ClN3O5/c1-26-15-7-11(6-12(19)18(15)25)8-20-21-16(23)9-22-13-4-2-3-5-14(13)27-10-17(22)24/h2-8,25H,9-10H2,1H3,(H,21,23)/b20-8+. The van der Waals surface area contributed by atoms with Crippen LogP contribution in [0.1, 0.15) is 5.56 Å². The third-order valence-electron chi connectivity index (χ3n) is 3.78. The lowest BCUT2D eigenvalue weighted by molar-refractivity contribution is -0.125. The number of rotatable bonds is 5. The zero-order chi connectivity index (χ0) is 19.4. The molecule has 8 nitrogen and oxygen atoms in total. The first-order valence-electron chi connectivity index (χ1n) is 7.90. The Morgan fingerprint density at radius 2 is 2.22 bits per heavy atom. The number of methoxy groups -OCH3 is 1. The number of hydrogen-bond acceptors (Lipinski definition) is 6. The molecule has 2 aromatic rings. The van der Waals surface area contributed by atoms with E-state index in [9.17, 15) is 14.7 Å². The molecule has 1 aliphatic rings. The number of nitrogens with one attached hydrogen (secondary N) is 1. The number of halogens is 1. The Morgan fingerprint density at radius 3 is 3.00 bits per heavy atom. The van der Waals surface area contributed by atoms with Gasteiger partial charge in [-0.2, -0.15) is 5.10 Å². The molecule has 0 atom stereocenters. The number of anilines is 1. The van der Waals surface area contributed by atoms with Gasteiger partial charge in [0.1, 0.15) is 12.3 Å². The van der Waals surface area contributed by atoms with E-state index >= 15 is 0 Å². The molecule has 9 heteroatoms. The van der Waals surface area contributed by atoms with Crippen molar-refractivity contribution in [3.63, 3.8) is 0 Å². The summed E-state index contributed by atoms with van der Waals surface area (Å²) in [6.07, 6.45) is 1.35. The van der Waals surface area contributed by atoms with Crippen molar-refractivity contribution < 1.29 is 24.2 Å². The predicted molar refractivity (Wildman–Crippen MR) is 99.7 cm³/mol. The molecular weight excluding hydrogens is 374 g/mol. The average molecular weight is 390 g/mol. The summed E-state index contributed by atoms with van der Waals surface area (Å²) in [6.45, 7) is -0.324. The molecule has 0 aromatic heterocycles. The summed E-state index contributed by atoms with van der Waals surface area (Å²) < 4.78 is 10.3. The minimum absolute atomic E-state index is 0.0950. The van der Waals surface area contributed by atoms with Gasteiger partial charge in [0.2, 0.25) is 0 Å². The Morgan fingerprint density at radius 1 is 1.44 bits per heavy atom. The molecule has 3 rings (SSSR count). The molecule has 1 heterocycles. The summed E-state index contributed by atoms with van der Waals surface area (Å²) in [5.74, 6) is -0.245. The number of hydrazone groups is 1. The zero-order valence-electron chi connectivity index (χ0n) is 14.3. The lowest BCUT2D eigenvalue weighted by Crippen LogP contribution is -2.44. The third-order valence-corrected chi connectivity index (χ3v) is 4.07. The first kappa shape index (κ1) is 18.5. The van der Waals surface area contributed by atoms with E-state index < -0.39 is 5.91 Å². The van der Waals surface area contributed by atoms with E-state index in [1.165, 1.54) is 30.4 Å². The van der Waals surface area contributed by atoms with Crippen LogP contribution in [0.15, 0.2) is 41.5 Å². The molecule has 0 saturated carbocycles. The molecule has 0 saturated heterocycles. The highest BCUT2D eigenvalue weighted by molar-refractivity contribution is 6.32. The van der Waals surface area contributed by atoms with Crippen LogP contribution in [-0.4, -0.2) is 43.4 Å². The van der Waals surface area contributed by atoms with Gasteiger partial charge in [-0.3, -0.25) is 14.5 Å². The van der Waals surface area contributed by atoms with Crippen LogP contribution < -0.4 is 19.8 Å². The van der Waals surface area contributed by atoms with Gasteiger partial charge in [-0.1, -0.05) is 23.7 Å². The number of phenols is 1. The highest BCUT2D eigenvalue weighted by Gasteiger charge is 2.26. The van der Waals surface area contributed by atoms with Crippen LogP contribution in [0.25, 0.3) is 0 Å². The van der Waals surface area contributed by atoms with Crippen LogP contribution in [-0.2, 0) is 9.59 Å². The highest BCUT2D eigenvalue weighted by atomic mass is 35.5. The molecule has 0 unspecified atom stereocenters. The molecular formula is C18H16ClN3O5. The van der Waals surface area contributed by atoms with Crippen molar-refractivity contribution in [3.8, 4) is 17.2 Å². The number of carbonyl (C=O) groups excluding carboxylic acids is 2. The second-order valence-corrected chi connectivity index (χ2v) is 5.99. The Kier molecular flexibility index (Phi) is 5.46. The summed E-state index contributed by atoms with van der Waals surface area (Å²) in [6, 6.07) is 9.95. The van der Waals surface area contributed by atoms with E-state index in [-0.39, 0.29) is 35.6 Å². The first-order valence-corrected chi connectivity index (χ1v) is 8.28. The Hall–Kier alpha value is -3.26. The summed E-state index contributed by atoms with van der Waals surface area (Å²) in [5.41, 5.74) is 3.40. The number of carbonyl (C=O) groups is 2. The lowest BCUT2D eigenvalue weighted by atomic mass is 10.2. The maximum absolute atomic E-state index is 12.2. The van der Waals surface area contributed by atoms with Gasteiger partial charge in [-0.15, -0.1) is 0 Å². The van der Waals surface area contributed by atoms with Gasteiger partial charge < -0.3 is 14.6 Å². The van der Waals surface area contributed by atoms with Crippen molar-refractivity contribution in [2.75, 3.05) is 25.2 Å². The number of fused-ring (bicyclic) bond motifs is 1. The van der Waals surface area contributed by atoms with Gasteiger partial charge in [0.05, 0.1) is 24.0 Å². The normalized spacial score (nSPS) is 13.3. The lowest BCUT2D eigenvalue weighted by Gasteiger charge is -2.28. The smallest absolute Gasteiger partial charge is 0.265 e. The number of para-hydroxylation sites is 2. The number of benzene rings is 2. The van der Waals surface area contributed by atoms with Gasteiger partial charge in [0.25, 0.3) is 11.8 Å². The largest absolute Gasteiger partial charge is 0.503 e. The predicted octanol–water partition coefficient (Wildman–Crippen LogP) is 1.93. The van der Waals surface area contributed by atoms with Crippen LogP contribution in [0, 0.1) is 0 Å². The highest BCUT2D eigenvalue weighted by Crippen LogP contribution is 2.34. The number of hydrogen-bond donors (Lipinski definition) is 2. The Bertz CT molecular complexity index is 916. The van der Waals surface area contributed by atoms with Gasteiger partial charge >= 0.3 is 0 Å². The minimum atomic E-state index is -0.479. The van der Waals surface area contributed by atoms with E-state index in [1.54, 1.807) is 24.3 Å². The first-order chi connectivity index (χ1) is 13.0. The number of aromatic hydroxyl groups is 1. The summed E-state index contributed by atoms with van der Waals surface area (Å²) in [7, 11) is 1.39. The molecule has 140 valence electrons. The number of nitrogens with zero attached hydrogens (tertiary/aromatic N) is 2. The van der Waals surface area contributed by atoms with E-state index in [1.807, 2.05) is 0 Å². The molecule has 27 heavy (non-hydrogen) atoms. The Labute approximate surface area is 159 Å². The molecule has 2 N–H and O–H groups in total. The SMILES string of the molecule is COc1cc(/C=N/NC(=O)CN2C(=O)COc3ccccc32)cc(Cl)c1O. The van der Waals surface area contributed by atoms with Crippen LogP contribution in [0.3, 0.4) is 0 Å². The maximum atomic E-state index is 12.2. The average Bonchev–Trinajstić information content (AvgIpc) is 2.66. The van der Waals surface area contributed by atoms with Gasteiger partial charge in [0, 0.05) is 0 Å². The molecule has 2 amide bonds. The van der Waals surface area contributed by atoms with Crippen molar-refractivity contribution >= 4 is 35.3 Å². The van der Waals surface area contributed by atoms with E-state index in [0.29, 0.717) is 17.0 Å². The molecule has 0 fully saturated rings. The molecule has 0 radical (unpaired) electrons. The van der Waals surface area contributed by atoms with Crippen molar-refractivity contribution in [1.82, 2.24) is 5.43 Å². The number of phenolic OH excluding ortho intramolecular Hbond substituents is 1. The Balaban J connectivity index is 1.66. The van der Waals surface area contributed by atoms with E-state index in [2.05, 4.69) is 10.5 Å². The van der Waals surface area contributed by atoms with Crippen LogP contribution in [0.4, 0.5) is 5.69 Å². The summed E-state index contributed by atoms with van der Waals surface area (Å²) in [4.78, 5) is 25.5. The summed E-state index contributed by atoms with van der Waals surface area (Å²) >= 11 is 5.90. The second-order valence-electron chi connectivity index (χ2n) is 5.58. The fraction of sp³-hybridized carbons (Fsp3) is 0.167. The summed E-state index contributed by atoms with van der Waals surface area (Å²) in [5, 5.41) is 13.6. The van der Waals surface area contributed by atoms with Crippen molar-refractivity contribution in [3.05, 3.63) is 47.0 Å². The fourth-order valence-electron chi connectivity index (χ4n) is 2.51. The fourth-order valence-corrected chi connectivity index (χ4v) is 2.73. The van der Waals surface area contributed by atoms with E-state index in [0.717, 1.165) is 0 Å². The van der Waals surface area contributed by atoms with Gasteiger partial charge in [-0.05, 0) is 29.8 Å². The molecule has 0 aliphatic carbocycles. The van der Waals surface area contributed by atoms with Crippen molar-refractivity contribution in [2.45, 2.75) is 0 Å². The second kappa shape index (κ2) is 7.96. The molecule has 2 aromatic carbocycles. The monoisotopic (exact) mass is 389 g/mol. The third kappa shape index (κ3) is 4.12. The number of ether oxygens (including phenoxy) is 2. The van der Waals surface area contributed by atoms with Crippen LogP contribution >= 0.6 is 11.6 Å². The van der Waals surface area contributed by atoms with Crippen molar-refractivity contribution in [1.29, 1.82) is 0 Å². The van der Waals surface area contributed by atoms with Crippen LogP contribution in [0.5, 0.6) is 17.2 Å². The molecule has 1 aliphatic heterocycles. The van der Waals surface area contributed by atoms with Crippen LogP contribution in [0.2, 0.25) is 5.02 Å². The van der Waals surface area contributed by atoms with Crippen molar-refractivity contribution in [2.24, 2.45) is 5.10 Å². The number of amides is 2. The minimum Gasteiger partial charge on any atom is -0.503 e. The van der Waals surface area contributed by atoms with E-state index in [4.69, 9.17) is 21.1 Å². The van der Waals surface area contributed by atoms with Gasteiger partial charge in [0.15, 0.2) is 18.1 Å².